The van der Waals surface area contributed by atoms with E-state index in [0.717, 1.165) is 35.5 Å². The molecular weight excluding hydrogens is 314 g/mol. The third-order valence-corrected chi connectivity index (χ3v) is 3.80. The largest absolute Gasteiger partial charge is 0.348 e. The molecule has 1 aromatic heterocycles. The number of hydrogen-bond donors (Lipinski definition) is 3. The van der Waals surface area contributed by atoms with Crippen LogP contribution in [0, 0.1) is 0 Å². The lowest BCUT2D eigenvalue weighted by molar-refractivity contribution is -0.124. The summed E-state index contributed by atoms with van der Waals surface area (Å²) in [7, 11) is 0. The van der Waals surface area contributed by atoms with Gasteiger partial charge in [-0.2, -0.15) is 0 Å². The zero-order valence-electron chi connectivity index (χ0n) is 13.6. The first-order valence-electron chi connectivity index (χ1n) is 8.01. The summed E-state index contributed by atoms with van der Waals surface area (Å²) < 4.78 is 0. The summed E-state index contributed by atoms with van der Waals surface area (Å²) in [4.78, 5) is 18.8. The third kappa shape index (κ3) is 4.89. The number of rotatable bonds is 6. The van der Waals surface area contributed by atoms with Gasteiger partial charge in [0, 0.05) is 25.1 Å². The molecule has 0 saturated carbocycles. The number of nitrogens with one attached hydrogen (secondary N) is 2. The van der Waals surface area contributed by atoms with Gasteiger partial charge in [-0.15, -0.1) is 0 Å². The molecule has 0 spiro atoms. The van der Waals surface area contributed by atoms with Gasteiger partial charge in [0.25, 0.3) is 5.91 Å². The average Bonchev–Trinajstić information content (AvgIpc) is 3.08. The normalized spacial score (nSPS) is 10.9. The van der Waals surface area contributed by atoms with Gasteiger partial charge in [0.05, 0.1) is 5.69 Å². The first kappa shape index (κ1) is 16.7. The van der Waals surface area contributed by atoms with Gasteiger partial charge in [-0.05, 0) is 22.8 Å². The summed E-state index contributed by atoms with van der Waals surface area (Å²) in [5.74, 6) is 0.375. The van der Waals surface area contributed by atoms with E-state index in [9.17, 15) is 4.79 Å². The predicted octanol–water partition coefficient (Wildman–Crippen LogP) is 3.11. The molecule has 0 fully saturated rings. The van der Waals surface area contributed by atoms with Crippen LogP contribution in [0.1, 0.15) is 28.2 Å². The SMILES string of the molecule is O=C(/C=C/c1ccc(Cc2nc(Cc3ccccc3)c[nH]2)cc1)NO. The predicted molar refractivity (Wildman–Crippen MR) is 96.0 cm³/mol. The van der Waals surface area contributed by atoms with Crippen molar-refractivity contribution >= 4 is 12.0 Å². The zero-order chi connectivity index (χ0) is 17.5. The van der Waals surface area contributed by atoms with Crippen LogP contribution in [0.5, 0.6) is 0 Å². The molecule has 126 valence electrons. The van der Waals surface area contributed by atoms with Crippen LogP contribution >= 0.6 is 0 Å². The highest BCUT2D eigenvalue weighted by molar-refractivity contribution is 5.90. The fourth-order valence-corrected chi connectivity index (χ4v) is 2.54. The van der Waals surface area contributed by atoms with Crippen LogP contribution in [0.3, 0.4) is 0 Å². The van der Waals surface area contributed by atoms with E-state index >= 15 is 0 Å². The van der Waals surface area contributed by atoms with Crippen molar-refractivity contribution in [1.29, 1.82) is 0 Å². The Morgan fingerprint density at radius 2 is 1.76 bits per heavy atom. The molecule has 0 unspecified atom stereocenters. The maximum atomic E-state index is 11.0. The van der Waals surface area contributed by atoms with Crippen molar-refractivity contribution in [3.8, 4) is 0 Å². The molecule has 1 heterocycles. The monoisotopic (exact) mass is 333 g/mol. The molecule has 0 aliphatic heterocycles. The van der Waals surface area contributed by atoms with E-state index < -0.39 is 5.91 Å². The van der Waals surface area contributed by atoms with Crippen molar-refractivity contribution in [2.45, 2.75) is 12.8 Å². The minimum atomic E-state index is -0.550. The Bertz CT molecular complexity index is 852. The zero-order valence-corrected chi connectivity index (χ0v) is 13.6. The van der Waals surface area contributed by atoms with Gasteiger partial charge in [0.1, 0.15) is 5.82 Å². The van der Waals surface area contributed by atoms with Crippen molar-refractivity contribution in [3.05, 3.63) is 95.1 Å². The molecule has 0 saturated heterocycles. The number of benzene rings is 2. The second-order valence-electron chi connectivity index (χ2n) is 5.73. The molecule has 1 amide bonds. The first-order valence-corrected chi connectivity index (χ1v) is 8.01. The Balaban J connectivity index is 1.61. The molecule has 3 aromatic rings. The average molecular weight is 333 g/mol. The van der Waals surface area contributed by atoms with Crippen molar-refractivity contribution < 1.29 is 10.0 Å². The summed E-state index contributed by atoms with van der Waals surface area (Å²) in [6, 6.07) is 18.1. The maximum absolute atomic E-state index is 11.0. The Hall–Kier alpha value is -3.18. The van der Waals surface area contributed by atoms with Crippen molar-refractivity contribution in [3.63, 3.8) is 0 Å². The van der Waals surface area contributed by atoms with Gasteiger partial charge in [0.2, 0.25) is 0 Å². The number of carbonyl (C=O) groups is 1. The Labute approximate surface area is 146 Å². The molecule has 0 aliphatic rings. The lowest BCUT2D eigenvalue weighted by Gasteiger charge is -2.00. The van der Waals surface area contributed by atoms with Crippen LogP contribution in [-0.4, -0.2) is 21.1 Å². The summed E-state index contributed by atoms with van der Waals surface area (Å²) in [6.07, 6.45) is 6.40. The highest BCUT2D eigenvalue weighted by atomic mass is 16.5. The summed E-state index contributed by atoms with van der Waals surface area (Å²) in [5, 5.41) is 8.45. The van der Waals surface area contributed by atoms with Crippen LogP contribution in [-0.2, 0) is 17.6 Å². The maximum Gasteiger partial charge on any atom is 0.267 e. The lowest BCUT2D eigenvalue weighted by atomic mass is 10.1. The molecule has 5 nitrogen and oxygen atoms in total. The van der Waals surface area contributed by atoms with Crippen LogP contribution in [0.15, 0.2) is 66.9 Å². The number of hydroxylamine groups is 1. The van der Waals surface area contributed by atoms with Gasteiger partial charge in [0.15, 0.2) is 0 Å². The molecule has 2 aromatic carbocycles. The fourth-order valence-electron chi connectivity index (χ4n) is 2.54. The number of amides is 1. The van der Waals surface area contributed by atoms with E-state index in [0.29, 0.717) is 0 Å². The van der Waals surface area contributed by atoms with Crippen molar-refractivity contribution in [2.75, 3.05) is 0 Å². The van der Waals surface area contributed by atoms with E-state index in [4.69, 9.17) is 5.21 Å². The van der Waals surface area contributed by atoms with Crippen molar-refractivity contribution in [1.82, 2.24) is 15.4 Å². The van der Waals surface area contributed by atoms with Crippen LogP contribution in [0.4, 0.5) is 0 Å². The molecule has 3 rings (SSSR count). The topological polar surface area (TPSA) is 78.0 Å². The number of carbonyl (C=O) groups excluding carboxylic acids is 1. The van der Waals surface area contributed by atoms with Crippen LogP contribution in [0.2, 0.25) is 0 Å². The highest BCUT2D eigenvalue weighted by Gasteiger charge is 2.04. The quantitative estimate of drug-likeness (QED) is 0.368. The van der Waals surface area contributed by atoms with Gasteiger partial charge in [-0.3, -0.25) is 10.0 Å². The van der Waals surface area contributed by atoms with Gasteiger partial charge in [-0.1, -0.05) is 54.6 Å². The molecular formula is C20H19N3O2. The summed E-state index contributed by atoms with van der Waals surface area (Å²) in [5.41, 5.74) is 5.84. The molecule has 25 heavy (non-hydrogen) atoms. The summed E-state index contributed by atoms with van der Waals surface area (Å²) >= 11 is 0. The fraction of sp³-hybridized carbons (Fsp3) is 0.100. The molecule has 3 N–H and O–H groups in total. The minimum Gasteiger partial charge on any atom is -0.348 e. The first-order chi connectivity index (χ1) is 12.2. The Morgan fingerprint density at radius 3 is 2.48 bits per heavy atom. The minimum absolute atomic E-state index is 0.550. The summed E-state index contributed by atoms with van der Waals surface area (Å²) in [6.45, 7) is 0. The standard InChI is InChI=1S/C20H19N3O2/c24-20(23-25)11-10-15-6-8-17(9-7-15)13-19-21-14-18(22-19)12-16-4-2-1-3-5-16/h1-11,14,25H,12-13H2,(H,21,22)(H,23,24)/b11-10+. The number of imidazole rings is 1. The van der Waals surface area contributed by atoms with E-state index in [-0.39, 0.29) is 0 Å². The van der Waals surface area contributed by atoms with E-state index in [1.807, 2.05) is 48.7 Å². The van der Waals surface area contributed by atoms with E-state index in [2.05, 4.69) is 22.1 Å². The van der Waals surface area contributed by atoms with Gasteiger partial charge >= 0.3 is 0 Å². The van der Waals surface area contributed by atoms with Crippen molar-refractivity contribution in [2.24, 2.45) is 0 Å². The molecule has 0 aliphatic carbocycles. The smallest absolute Gasteiger partial charge is 0.267 e. The second kappa shape index (κ2) is 8.08. The third-order valence-electron chi connectivity index (χ3n) is 3.80. The van der Waals surface area contributed by atoms with Gasteiger partial charge in [-0.25, -0.2) is 10.5 Å². The Morgan fingerprint density at radius 1 is 1.04 bits per heavy atom. The van der Waals surface area contributed by atoms with Crippen LogP contribution in [0.25, 0.3) is 6.08 Å². The molecule has 0 radical (unpaired) electrons. The number of aromatic nitrogens is 2. The number of nitrogens with zero attached hydrogens (tertiary/aromatic N) is 1. The van der Waals surface area contributed by atoms with E-state index in [1.165, 1.54) is 11.6 Å². The second-order valence-corrected chi connectivity index (χ2v) is 5.73. The molecule has 5 heteroatoms. The molecule has 0 atom stereocenters. The lowest BCUT2D eigenvalue weighted by Crippen LogP contribution is -2.14. The number of aromatic amines is 1. The van der Waals surface area contributed by atoms with Crippen LogP contribution < -0.4 is 5.48 Å². The van der Waals surface area contributed by atoms with Gasteiger partial charge < -0.3 is 4.98 Å². The highest BCUT2D eigenvalue weighted by Crippen LogP contribution is 2.12. The molecule has 0 bridgehead atoms. The van der Waals surface area contributed by atoms with E-state index in [1.54, 1.807) is 11.6 Å². The Kier molecular flexibility index (Phi) is 5.39. The number of H-pyrrole nitrogens is 1. The number of hydrogen-bond acceptors (Lipinski definition) is 3.